The minimum absolute atomic E-state index is 0.0163. The highest BCUT2D eigenvalue weighted by Gasteiger charge is 2.64. The second-order valence-corrected chi connectivity index (χ2v) is 6.37. The van der Waals surface area contributed by atoms with E-state index in [2.05, 4.69) is 29.1 Å². The lowest BCUT2D eigenvalue weighted by atomic mass is 9.87. The number of nitrogens with two attached hydrogens (primary N) is 1. The summed E-state index contributed by atoms with van der Waals surface area (Å²) in [6.45, 7) is 10.5. The molecular weight excluding hydrogens is 284 g/mol. The van der Waals surface area contributed by atoms with Gasteiger partial charge in [0.25, 0.3) is 0 Å². The van der Waals surface area contributed by atoms with Crippen molar-refractivity contribution in [1.29, 1.82) is 0 Å². The molecule has 3 heterocycles. The monoisotopic (exact) mass is 308 g/mol. The molecule has 0 unspecified atom stereocenters. The van der Waals surface area contributed by atoms with Crippen LogP contribution in [-0.4, -0.2) is 70.8 Å². The highest BCUT2D eigenvalue weighted by Crippen LogP contribution is 2.40. The maximum Gasteiger partial charge on any atom is 0.219 e. The Kier molecular flexibility index (Phi) is 3.26. The van der Waals surface area contributed by atoms with Crippen LogP contribution in [0.4, 0.5) is 0 Å². The molecule has 3 rings (SSSR count). The van der Waals surface area contributed by atoms with Crippen LogP contribution in [0.15, 0.2) is 24.8 Å². The van der Waals surface area contributed by atoms with Gasteiger partial charge in [0, 0.05) is 27.1 Å². The summed E-state index contributed by atoms with van der Waals surface area (Å²) in [5.74, 6) is 1.31. The Balaban J connectivity index is 1.95. The molecule has 3 aliphatic rings. The van der Waals surface area contributed by atoms with E-state index in [1.165, 1.54) is 6.92 Å². The van der Waals surface area contributed by atoms with Crippen molar-refractivity contribution in [3.8, 4) is 0 Å². The van der Waals surface area contributed by atoms with Crippen LogP contribution in [-0.2, 0) is 4.79 Å². The summed E-state index contributed by atoms with van der Waals surface area (Å²) in [7, 11) is 1.75. The number of nitrogens with one attached hydrogen (secondary N) is 3. The number of aliphatic hydroxyl groups excluding tert-OH is 1. The molecule has 1 amide bonds. The second kappa shape index (κ2) is 4.79. The minimum Gasteiger partial charge on any atom is -0.387 e. The van der Waals surface area contributed by atoms with Gasteiger partial charge in [0.15, 0.2) is 5.66 Å². The molecule has 0 radical (unpaired) electrons. The first-order valence-corrected chi connectivity index (χ1v) is 7.39. The molecule has 6 N–H and O–H groups in total. The van der Waals surface area contributed by atoms with Crippen molar-refractivity contribution in [2.75, 3.05) is 20.1 Å². The summed E-state index contributed by atoms with van der Waals surface area (Å²) < 4.78 is 0. The van der Waals surface area contributed by atoms with Gasteiger partial charge in [-0.1, -0.05) is 13.2 Å². The molecule has 8 nitrogen and oxygen atoms in total. The first-order chi connectivity index (χ1) is 10.3. The van der Waals surface area contributed by atoms with Gasteiger partial charge in [-0.15, -0.1) is 0 Å². The number of carbonyl (C=O) groups is 1. The van der Waals surface area contributed by atoms with Gasteiger partial charge in [0.1, 0.15) is 6.10 Å². The van der Waals surface area contributed by atoms with E-state index < -0.39 is 11.8 Å². The van der Waals surface area contributed by atoms with Crippen LogP contribution in [0.3, 0.4) is 0 Å². The zero-order chi connectivity index (χ0) is 16.2. The molecule has 0 aromatic rings. The summed E-state index contributed by atoms with van der Waals surface area (Å²) in [6, 6.07) is -0.689. The van der Waals surface area contributed by atoms with Crippen molar-refractivity contribution in [3.05, 3.63) is 24.8 Å². The minimum atomic E-state index is -0.777. The van der Waals surface area contributed by atoms with Gasteiger partial charge in [0.2, 0.25) is 5.91 Å². The van der Waals surface area contributed by atoms with Gasteiger partial charge in [0.05, 0.1) is 29.8 Å². The third-order valence-corrected chi connectivity index (χ3v) is 4.94. The van der Waals surface area contributed by atoms with Crippen molar-refractivity contribution in [3.63, 3.8) is 0 Å². The number of hydrogen-bond acceptors (Lipinski definition) is 7. The van der Waals surface area contributed by atoms with Crippen molar-refractivity contribution < 1.29 is 9.90 Å². The number of nitrogens with zero attached hydrogens (tertiary/aromatic N) is 2. The Morgan fingerprint density at radius 3 is 2.86 bits per heavy atom. The number of likely N-dealkylation sites (N-methyl/N-ethyl adjacent to an activating group) is 1. The number of amides is 1. The lowest BCUT2D eigenvalue weighted by Crippen LogP contribution is -2.75. The first-order valence-electron chi connectivity index (χ1n) is 7.39. The van der Waals surface area contributed by atoms with Crippen LogP contribution in [0.25, 0.3) is 0 Å². The molecule has 3 aliphatic heterocycles. The van der Waals surface area contributed by atoms with Crippen LogP contribution >= 0.6 is 0 Å². The van der Waals surface area contributed by atoms with E-state index in [1.807, 2.05) is 4.90 Å². The SMILES string of the molecule is C=C1N[C@H]2[C@H](CN(C)C(C)=O)NC(=C)N3C[C@H](N)[C@H](O)[C@]23N1. The molecule has 22 heavy (non-hydrogen) atoms. The third-order valence-electron chi connectivity index (χ3n) is 4.94. The molecule has 0 aromatic heterocycles. The van der Waals surface area contributed by atoms with E-state index in [4.69, 9.17) is 5.73 Å². The van der Waals surface area contributed by atoms with E-state index in [0.717, 1.165) is 0 Å². The lowest BCUT2D eigenvalue weighted by molar-refractivity contribution is -0.128. The molecule has 122 valence electrons. The number of carbonyl (C=O) groups excluding carboxylic acids is 1. The van der Waals surface area contributed by atoms with Gasteiger partial charge < -0.3 is 36.6 Å². The summed E-state index contributed by atoms with van der Waals surface area (Å²) in [6.07, 6.45) is -0.770. The van der Waals surface area contributed by atoms with Crippen LogP contribution in [0.1, 0.15) is 6.92 Å². The van der Waals surface area contributed by atoms with E-state index in [-0.39, 0.29) is 24.0 Å². The molecular formula is C14H24N6O2. The van der Waals surface area contributed by atoms with Crippen LogP contribution in [0.5, 0.6) is 0 Å². The predicted molar refractivity (Wildman–Crippen MR) is 82.0 cm³/mol. The predicted octanol–water partition coefficient (Wildman–Crippen LogP) is -2.36. The quantitative estimate of drug-likeness (QED) is 0.389. The molecule has 3 saturated heterocycles. The number of rotatable bonds is 2. The largest absolute Gasteiger partial charge is 0.387 e. The van der Waals surface area contributed by atoms with Gasteiger partial charge in [-0.2, -0.15) is 0 Å². The summed E-state index contributed by atoms with van der Waals surface area (Å²) in [4.78, 5) is 15.1. The van der Waals surface area contributed by atoms with E-state index in [0.29, 0.717) is 24.7 Å². The van der Waals surface area contributed by atoms with Crippen molar-refractivity contribution in [1.82, 2.24) is 25.8 Å². The molecule has 5 atom stereocenters. The standard InChI is InChI=1S/C14H24N6O2/c1-7-16-12-11(6-19(4)9(3)21)17-8(2)20-5-10(15)13(22)14(12,20)18-7/h10-13,16-18,22H,1-2,5-6,15H2,3-4H3/t10-,11-,12-,13-,14-/m0/s1. The maximum absolute atomic E-state index is 11.5. The summed E-state index contributed by atoms with van der Waals surface area (Å²) >= 11 is 0. The Bertz CT molecular complexity index is 537. The van der Waals surface area contributed by atoms with Gasteiger partial charge >= 0.3 is 0 Å². The average molecular weight is 308 g/mol. The third kappa shape index (κ3) is 1.87. The molecule has 0 aliphatic carbocycles. The van der Waals surface area contributed by atoms with E-state index in [1.54, 1.807) is 11.9 Å². The molecule has 0 aromatic carbocycles. The summed E-state index contributed by atoms with van der Waals surface area (Å²) in [5.41, 5.74) is 5.29. The Morgan fingerprint density at radius 1 is 1.55 bits per heavy atom. The Hall–Kier alpha value is -1.93. The second-order valence-electron chi connectivity index (χ2n) is 6.37. The topological polar surface area (TPSA) is 106 Å². The maximum atomic E-state index is 11.5. The molecule has 0 bridgehead atoms. The fourth-order valence-corrected chi connectivity index (χ4v) is 3.79. The number of aliphatic hydroxyl groups is 1. The smallest absolute Gasteiger partial charge is 0.219 e. The van der Waals surface area contributed by atoms with E-state index in [9.17, 15) is 9.90 Å². The Morgan fingerprint density at radius 2 is 2.23 bits per heavy atom. The normalized spacial score (nSPS) is 39.5. The first kappa shape index (κ1) is 15.0. The van der Waals surface area contributed by atoms with Crippen LogP contribution in [0.2, 0.25) is 0 Å². The molecule has 3 fully saturated rings. The Labute approximate surface area is 130 Å². The van der Waals surface area contributed by atoms with E-state index >= 15 is 0 Å². The van der Waals surface area contributed by atoms with Crippen molar-refractivity contribution >= 4 is 5.91 Å². The number of hydrogen-bond donors (Lipinski definition) is 5. The average Bonchev–Trinajstić information content (AvgIpc) is 2.91. The van der Waals surface area contributed by atoms with Crippen molar-refractivity contribution in [2.45, 2.75) is 36.8 Å². The van der Waals surface area contributed by atoms with Gasteiger partial charge in [-0.25, -0.2) is 0 Å². The fourth-order valence-electron chi connectivity index (χ4n) is 3.79. The molecule has 1 spiro atoms. The zero-order valence-corrected chi connectivity index (χ0v) is 13.0. The molecule has 0 saturated carbocycles. The van der Waals surface area contributed by atoms with Crippen LogP contribution < -0.4 is 21.7 Å². The molecule has 8 heteroatoms. The highest BCUT2D eigenvalue weighted by atomic mass is 16.3. The van der Waals surface area contributed by atoms with Gasteiger partial charge in [-0.05, 0) is 0 Å². The van der Waals surface area contributed by atoms with Gasteiger partial charge in [-0.3, -0.25) is 4.79 Å². The summed E-state index contributed by atoms with van der Waals surface area (Å²) in [5, 5.41) is 20.6. The highest BCUT2D eigenvalue weighted by molar-refractivity contribution is 5.72. The zero-order valence-electron chi connectivity index (χ0n) is 13.0. The lowest BCUT2D eigenvalue weighted by Gasteiger charge is -2.51. The van der Waals surface area contributed by atoms with Crippen molar-refractivity contribution in [2.24, 2.45) is 5.73 Å². The fraction of sp³-hybridized carbons (Fsp3) is 0.643. The van der Waals surface area contributed by atoms with Crippen LogP contribution in [0, 0.1) is 0 Å².